The maximum absolute atomic E-state index is 13.6. The molecule has 1 aromatic rings. The third kappa shape index (κ3) is 3.90. The molecule has 1 amide bonds. The van der Waals surface area contributed by atoms with Gasteiger partial charge in [-0.05, 0) is 51.3 Å². The Balaban J connectivity index is 2.15. The van der Waals surface area contributed by atoms with Crippen molar-refractivity contribution in [1.82, 2.24) is 4.90 Å². The molecule has 0 spiro atoms. The summed E-state index contributed by atoms with van der Waals surface area (Å²) in [6.45, 7) is 6.07. The van der Waals surface area contributed by atoms with E-state index in [9.17, 15) is 9.18 Å². The van der Waals surface area contributed by atoms with Crippen molar-refractivity contribution < 1.29 is 13.9 Å². The van der Waals surface area contributed by atoms with Crippen LogP contribution in [0.3, 0.4) is 0 Å². The van der Waals surface area contributed by atoms with Gasteiger partial charge in [0.25, 0.3) is 0 Å². The van der Waals surface area contributed by atoms with Crippen LogP contribution in [0.4, 0.5) is 9.18 Å². The SMILES string of the molecule is CC(C)(C)OC(=O)N1CCC[C@H]1[C@@H](N)c1ccc(Cl)c(F)c1. The van der Waals surface area contributed by atoms with Crippen molar-refractivity contribution in [1.29, 1.82) is 0 Å². The number of carbonyl (C=O) groups is 1. The molecule has 0 unspecified atom stereocenters. The lowest BCUT2D eigenvalue weighted by molar-refractivity contribution is 0.0206. The number of ether oxygens (including phenoxy) is 1. The monoisotopic (exact) mass is 328 g/mol. The number of hydrogen-bond donors (Lipinski definition) is 1. The van der Waals surface area contributed by atoms with Crippen LogP contribution in [0.1, 0.15) is 45.2 Å². The maximum Gasteiger partial charge on any atom is 0.410 e. The van der Waals surface area contributed by atoms with Crippen LogP contribution in [0.15, 0.2) is 18.2 Å². The molecule has 1 saturated heterocycles. The van der Waals surface area contributed by atoms with Crippen molar-refractivity contribution in [3.8, 4) is 0 Å². The van der Waals surface area contributed by atoms with Gasteiger partial charge in [-0.1, -0.05) is 17.7 Å². The van der Waals surface area contributed by atoms with E-state index in [0.29, 0.717) is 12.1 Å². The molecule has 2 rings (SSSR count). The van der Waals surface area contributed by atoms with Crippen LogP contribution in [0, 0.1) is 5.82 Å². The first-order valence-corrected chi connectivity index (χ1v) is 7.77. The quantitative estimate of drug-likeness (QED) is 0.896. The minimum Gasteiger partial charge on any atom is -0.444 e. The largest absolute Gasteiger partial charge is 0.444 e. The van der Waals surface area contributed by atoms with Gasteiger partial charge < -0.3 is 15.4 Å². The molecular weight excluding hydrogens is 307 g/mol. The maximum atomic E-state index is 13.6. The summed E-state index contributed by atoms with van der Waals surface area (Å²) in [4.78, 5) is 13.9. The lowest BCUT2D eigenvalue weighted by Gasteiger charge is -2.31. The molecular formula is C16H22ClFN2O2. The van der Waals surface area contributed by atoms with Gasteiger partial charge in [-0.2, -0.15) is 0 Å². The van der Waals surface area contributed by atoms with Gasteiger partial charge in [0.15, 0.2) is 0 Å². The average molecular weight is 329 g/mol. The fourth-order valence-corrected chi connectivity index (χ4v) is 2.77. The average Bonchev–Trinajstić information content (AvgIpc) is 2.88. The number of benzene rings is 1. The van der Waals surface area contributed by atoms with E-state index in [-0.39, 0.29) is 17.2 Å². The van der Waals surface area contributed by atoms with E-state index in [0.717, 1.165) is 12.8 Å². The zero-order chi connectivity index (χ0) is 16.5. The van der Waals surface area contributed by atoms with Crippen molar-refractivity contribution >= 4 is 17.7 Å². The van der Waals surface area contributed by atoms with Gasteiger partial charge in [-0.15, -0.1) is 0 Å². The van der Waals surface area contributed by atoms with Crippen LogP contribution in [-0.4, -0.2) is 29.2 Å². The lowest BCUT2D eigenvalue weighted by Crippen LogP contribution is -2.44. The Morgan fingerprint density at radius 2 is 2.18 bits per heavy atom. The predicted octanol–water partition coefficient (Wildman–Crippen LogP) is 3.88. The highest BCUT2D eigenvalue weighted by atomic mass is 35.5. The van der Waals surface area contributed by atoms with Crippen molar-refractivity contribution in [2.75, 3.05) is 6.54 Å². The molecule has 0 saturated carbocycles. The molecule has 6 heteroatoms. The Kier molecular flexibility index (Phi) is 4.97. The first kappa shape index (κ1) is 17.0. The number of amides is 1. The van der Waals surface area contributed by atoms with Gasteiger partial charge in [-0.25, -0.2) is 9.18 Å². The molecule has 0 aromatic heterocycles. The molecule has 1 aromatic carbocycles. The fourth-order valence-electron chi connectivity index (χ4n) is 2.65. The molecule has 2 atom stereocenters. The van der Waals surface area contributed by atoms with Crippen LogP contribution < -0.4 is 5.73 Å². The summed E-state index contributed by atoms with van der Waals surface area (Å²) in [6, 6.07) is 3.84. The van der Waals surface area contributed by atoms with E-state index in [1.165, 1.54) is 12.1 Å². The summed E-state index contributed by atoms with van der Waals surface area (Å²) in [5.41, 5.74) is 6.32. The number of hydrogen-bond acceptors (Lipinski definition) is 3. The van der Waals surface area contributed by atoms with E-state index >= 15 is 0 Å². The number of rotatable bonds is 2. The highest BCUT2D eigenvalue weighted by molar-refractivity contribution is 6.30. The highest BCUT2D eigenvalue weighted by Crippen LogP contribution is 2.30. The standard InChI is InChI=1S/C16H22ClFN2O2/c1-16(2,3)22-15(21)20-8-4-5-13(20)14(19)10-6-7-11(17)12(18)9-10/h6-7,9,13-14H,4-5,8,19H2,1-3H3/t13-,14-/m0/s1. The van der Waals surface area contributed by atoms with E-state index in [4.69, 9.17) is 22.1 Å². The van der Waals surface area contributed by atoms with Crippen molar-refractivity contribution in [3.63, 3.8) is 0 Å². The Bertz CT molecular complexity index is 560. The molecule has 0 bridgehead atoms. The molecule has 2 N–H and O–H groups in total. The van der Waals surface area contributed by atoms with E-state index in [2.05, 4.69) is 0 Å². The molecule has 4 nitrogen and oxygen atoms in total. The molecule has 22 heavy (non-hydrogen) atoms. The summed E-state index contributed by atoms with van der Waals surface area (Å²) in [6.07, 6.45) is 1.25. The minimum absolute atomic E-state index is 0.0615. The molecule has 1 aliphatic heterocycles. The van der Waals surface area contributed by atoms with Crippen LogP contribution in [-0.2, 0) is 4.74 Å². The van der Waals surface area contributed by atoms with Gasteiger partial charge in [0.1, 0.15) is 11.4 Å². The van der Waals surface area contributed by atoms with Gasteiger partial charge in [0.05, 0.1) is 17.1 Å². The third-order valence-electron chi connectivity index (χ3n) is 3.67. The molecule has 0 radical (unpaired) electrons. The van der Waals surface area contributed by atoms with Crippen LogP contribution in [0.2, 0.25) is 5.02 Å². The second-order valence-corrected chi connectivity index (χ2v) is 6.99. The third-order valence-corrected chi connectivity index (χ3v) is 3.98. The van der Waals surface area contributed by atoms with Crippen molar-refractivity contribution in [3.05, 3.63) is 34.6 Å². The predicted molar refractivity (Wildman–Crippen MR) is 84.3 cm³/mol. The summed E-state index contributed by atoms with van der Waals surface area (Å²) < 4.78 is 19.0. The Labute approximate surface area is 135 Å². The van der Waals surface area contributed by atoms with Crippen LogP contribution in [0.5, 0.6) is 0 Å². The van der Waals surface area contributed by atoms with Crippen LogP contribution in [0.25, 0.3) is 0 Å². The van der Waals surface area contributed by atoms with E-state index in [1.807, 2.05) is 20.8 Å². The van der Waals surface area contributed by atoms with E-state index < -0.39 is 17.5 Å². The molecule has 1 aliphatic rings. The number of carbonyl (C=O) groups excluding carboxylic acids is 1. The summed E-state index contributed by atoms with van der Waals surface area (Å²) in [5.74, 6) is -0.503. The Hall–Kier alpha value is -1.33. The zero-order valence-electron chi connectivity index (χ0n) is 13.1. The first-order valence-electron chi connectivity index (χ1n) is 7.39. The fraction of sp³-hybridized carbons (Fsp3) is 0.562. The van der Waals surface area contributed by atoms with Gasteiger partial charge in [0, 0.05) is 6.54 Å². The van der Waals surface area contributed by atoms with Gasteiger partial charge >= 0.3 is 6.09 Å². The smallest absolute Gasteiger partial charge is 0.410 e. The number of nitrogens with zero attached hydrogens (tertiary/aromatic N) is 1. The summed E-state index contributed by atoms with van der Waals surface area (Å²) in [5, 5.41) is 0.0615. The number of halogens is 2. The normalized spacial score (nSPS) is 20.1. The summed E-state index contributed by atoms with van der Waals surface area (Å²) in [7, 11) is 0. The van der Waals surface area contributed by atoms with Gasteiger partial charge in [0.2, 0.25) is 0 Å². The Morgan fingerprint density at radius 3 is 2.77 bits per heavy atom. The Morgan fingerprint density at radius 1 is 1.50 bits per heavy atom. The minimum atomic E-state index is -0.555. The van der Waals surface area contributed by atoms with Crippen molar-refractivity contribution in [2.24, 2.45) is 5.73 Å². The number of likely N-dealkylation sites (tertiary alicyclic amines) is 1. The van der Waals surface area contributed by atoms with Crippen LogP contribution >= 0.6 is 11.6 Å². The second-order valence-electron chi connectivity index (χ2n) is 6.58. The van der Waals surface area contributed by atoms with Crippen molar-refractivity contribution in [2.45, 2.75) is 51.3 Å². The highest BCUT2D eigenvalue weighted by Gasteiger charge is 2.36. The molecule has 0 aliphatic carbocycles. The van der Waals surface area contributed by atoms with Gasteiger partial charge in [-0.3, -0.25) is 0 Å². The first-order chi connectivity index (χ1) is 10.2. The summed E-state index contributed by atoms with van der Waals surface area (Å²) >= 11 is 5.70. The second kappa shape index (κ2) is 6.42. The number of nitrogens with two attached hydrogens (primary N) is 1. The molecule has 1 heterocycles. The zero-order valence-corrected chi connectivity index (χ0v) is 13.9. The van der Waals surface area contributed by atoms with E-state index in [1.54, 1.807) is 11.0 Å². The molecule has 122 valence electrons. The lowest BCUT2D eigenvalue weighted by atomic mass is 9.98. The topological polar surface area (TPSA) is 55.6 Å². The molecule has 1 fully saturated rings.